The zero-order valence-electron chi connectivity index (χ0n) is 9.32. The van der Waals surface area contributed by atoms with Crippen LogP contribution in [0.2, 0.25) is 0 Å². The van der Waals surface area contributed by atoms with Crippen LogP contribution >= 0.6 is 0 Å². The molecule has 1 aromatic carbocycles. The highest BCUT2D eigenvalue weighted by Crippen LogP contribution is 2.26. The summed E-state index contributed by atoms with van der Waals surface area (Å²) in [6, 6.07) is 8.31. The minimum Gasteiger partial charge on any atom is -0.461 e. The zero-order chi connectivity index (χ0) is 11.4. The molecule has 1 aliphatic rings. The second-order valence-corrected chi connectivity index (χ2v) is 4.13. The lowest BCUT2D eigenvalue weighted by molar-refractivity contribution is -0.147. The largest absolute Gasteiger partial charge is 0.461 e. The fraction of sp³-hybridized carbons (Fsp3) is 0.357. The van der Waals surface area contributed by atoms with E-state index in [4.69, 9.17) is 4.74 Å². The summed E-state index contributed by atoms with van der Waals surface area (Å²) in [5, 5.41) is 0. The molecular weight excluding hydrogens is 200 g/mol. The van der Waals surface area contributed by atoms with Crippen molar-refractivity contribution in [2.75, 3.05) is 6.61 Å². The Morgan fingerprint density at radius 2 is 2.19 bits per heavy atom. The molecule has 0 saturated carbocycles. The summed E-state index contributed by atoms with van der Waals surface area (Å²) in [6.45, 7) is 3.85. The number of rotatable bonds is 3. The SMILES string of the molecule is C=CCOC(=O)C1CCc2ccccc2C1. The Bertz CT molecular complexity index is 395. The molecule has 1 atom stereocenters. The Kier molecular flexibility index (Phi) is 3.40. The molecule has 0 aliphatic heterocycles. The maximum Gasteiger partial charge on any atom is 0.309 e. The van der Waals surface area contributed by atoms with Gasteiger partial charge < -0.3 is 4.74 Å². The predicted octanol–water partition coefficient (Wildman–Crippen LogP) is 2.52. The lowest BCUT2D eigenvalue weighted by Gasteiger charge is -2.22. The number of fused-ring (bicyclic) bond motifs is 1. The van der Waals surface area contributed by atoms with Crippen LogP contribution in [0.25, 0.3) is 0 Å². The van der Waals surface area contributed by atoms with Gasteiger partial charge in [-0.2, -0.15) is 0 Å². The Morgan fingerprint density at radius 3 is 2.94 bits per heavy atom. The molecule has 1 unspecified atom stereocenters. The second-order valence-electron chi connectivity index (χ2n) is 4.13. The monoisotopic (exact) mass is 216 g/mol. The van der Waals surface area contributed by atoms with Crippen molar-refractivity contribution in [2.45, 2.75) is 19.3 Å². The van der Waals surface area contributed by atoms with Crippen LogP contribution in [-0.4, -0.2) is 12.6 Å². The van der Waals surface area contributed by atoms with Crippen molar-refractivity contribution >= 4 is 5.97 Å². The molecule has 0 amide bonds. The molecule has 1 aliphatic carbocycles. The standard InChI is InChI=1S/C14H16O2/c1-2-9-16-14(15)13-8-7-11-5-3-4-6-12(11)10-13/h2-6,13H,1,7-10H2. The van der Waals surface area contributed by atoms with Crippen molar-refractivity contribution in [1.29, 1.82) is 0 Å². The Hall–Kier alpha value is -1.57. The molecule has 2 heteroatoms. The van der Waals surface area contributed by atoms with Gasteiger partial charge in [0.2, 0.25) is 0 Å². The third-order valence-electron chi connectivity index (χ3n) is 3.02. The van der Waals surface area contributed by atoms with E-state index < -0.39 is 0 Å². The van der Waals surface area contributed by atoms with E-state index in [9.17, 15) is 4.79 Å². The lowest BCUT2D eigenvalue weighted by Crippen LogP contribution is -2.24. The number of benzene rings is 1. The number of esters is 1. The molecule has 0 radical (unpaired) electrons. The molecule has 0 N–H and O–H groups in total. The van der Waals surface area contributed by atoms with Gasteiger partial charge in [0.05, 0.1) is 5.92 Å². The van der Waals surface area contributed by atoms with Crippen LogP contribution in [-0.2, 0) is 22.4 Å². The van der Waals surface area contributed by atoms with Crippen molar-refractivity contribution in [1.82, 2.24) is 0 Å². The third-order valence-corrected chi connectivity index (χ3v) is 3.02. The minimum absolute atomic E-state index is 0.0230. The minimum atomic E-state index is -0.0885. The van der Waals surface area contributed by atoms with Crippen LogP contribution in [0, 0.1) is 5.92 Å². The van der Waals surface area contributed by atoms with Crippen LogP contribution in [0.4, 0.5) is 0 Å². The maximum atomic E-state index is 11.7. The molecule has 2 nitrogen and oxygen atoms in total. The van der Waals surface area contributed by atoms with Gasteiger partial charge in [-0.1, -0.05) is 36.9 Å². The predicted molar refractivity (Wildman–Crippen MR) is 63.1 cm³/mol. The first-order chi connectivity index (χ1) is 7.81. The lowest BCUT2D eigenvalue weighted by atomic mass is 9.84. The first-order valence-corrected chi connectivity index (χ1v) is 5.65. The average Bonchev–Trinajstić information content (AvgIpc) is 2.35. The van der Waals surface area contributed by atoms with Gasteiger partial charge in [-0.05, 0) is 30.4 Å². The van der Waals surface area contributed by atoms with Crippen LogP contribution in [0.5, 0.6) is 0 Å². The number of carbonyl (C=O) groups excluding carboxylic acids is 1. The molecular formula is C14H16O2. The summed E-state index contributed by atoms with van der Waals surface area (Å²) in [4.78, 5) is 11.7. The summed E-state index contributed by atoms with van der Waals surface area (Å²) in [5.41, 5.74) is 2.66. The van der Waals surface area contributed by atoms with Crippen molar-refractivity contribution in [3.63, 3.8) is 0 Å². The molecule has 0 heterocycles. The number of carbonyl (C=O) groups is 1. The third kappa shape index (κ3) is 2.32. The van der Waals surface area contributed by atoms with Crippen molar-refractivity contribution < 1.29 is 9.53 Å². The molecule has 0 spiro atoms. The maximum absolute atomic E-state index is 11.7. The number of ether oxygens (including phenoxy) is 1. The highest BCUT2D eigenvalue weighted by atomic mass is 16.5. The van der Waals surface area contributed by atoms with Gasteiger partial charge in [0, 0.05) is 0 Å². The molecule has 0 fully saturated rings. The Labute approximate surface area is 95.9 Å². The molecule has 16 heavy (non-hydrogen) atoms. The van der Waals surface area contributed by atoms with Gasteiger partial charge >= 0.3 is 5.97 Å². The number of hydrogen-bond acceptors (Lipinski definition) is 2. The van der Waals surface area contributed by atoms with E-state index >= 15 is 0 Å². The van der Waals surface area contributed by atoms with E-state index in [0.29, 0.717) is 6.61 Å². The summed E-state index contributed by atoms with van der Waals surface area (Å²) in [5.74, 6) is -0.0655. The van der Waals surface area contributed by atoms with Gasteiger partial charge in [-0.25, -0.2) is 0 Å². The van der Waals surface area contributed by atoms with Crippen LogP contribution in [0.1, 0.15) is 17.5 Å². The van der Waals surface area contributed by atoms with E-state index in [1.54, 1.807) is 6.08 Å². The smallest absolute Gasteiger partial charge is 0.309 e. The quantitative estimate of drug-likeness (QED) is 0.573. The van der Waals surface area contributed by atoms with Crippen molar-refractivity contribution in [3.05, 3.63) is 48.0 Å². The van der Waals surface area contributed by atoms with E-state index in [1.165, 1.54) is 11.1 Å². The van der Waals surface area contributed by atoms with E-state index in [1.807, 2.05) is 6.07 Å². The van der Waals surface area contributed by atoms with Gasteiger partial charge in [0.1, 0.15) is 6.61 Å². The highest BCUT2D eigenvalue weighted by molar-refractivity contribution is 5.73. The normalized spacial score (nSPS) is 18.6. The summed E-state index contributed by atoms with van der Waals surface area (Å²) >= 11 is 0. The van der Waals surface area contributed by atoms with E-state index in [-0.39, 0.29) is 11.9 Å². The van der Waals surface area contributed by atoms with Gasteiger partial charge in [-0.15, -0.1) is 0 Å². The van der Waals surface area contributed by atoms with Crippen molar-refractivity contribution in [3.8, 4) is 0 Å². The van der Waals surface area contributed by atoms with Crippen LogP contribution < -0.4 is 0 Å². The summed E-state index contributed by atoms with van der Waals surface area (Å²) in [6.07, 6.45) is 4.29. The second kappa shape index (κ2) is 4.97. The Balaban J connectivity index is 2.02. The fourth-order valence-electron chi connectivity index (χ4n) is 2.16. The van der Waals surface area contributed by atoms with Gasteiger partial charge in [-0.3, -0.25) is 4.79 Å². The molecule has 0 bridgehead atoms. The molecule has 0 saturated heterocycles. The first-order valence-electron chi connectivity index (χ1n) is 5.65. The van der Waals surface area contributed by atoms with E-state index in [2.05, 4.69) is 24.8 Å². The van der Waals surface area contributed by atoms with Gasteiger partial charge in [0.25, 0.3) is 0 Å². The van der Waals surface area contributed by atoms with Crippen LogP contribution in [0.15, 0.2) is 36.9 Å². The number of hydrogen-bond donors (Lipinski definition) is 0. The van der Waals surface area contributed by atoms with Crippen molar-refractivity contribution in [2.24, 2.45) is 5.92 Å². The van der Waals surface area contributed by atoms with Crippen LogP contribution in [0.3, 0.4) is 0 Å². The Morgan fingerprint density at radius 1 is 1.44 bits per heavy atom. The first kappa shape index (κ1) is 10.9. The van der Waals surface area contributed by atoms with E-state index in [0.717, 1.165) is 19.3 Å². The molecule has 84 valence electrons. The molecule has 0 aromatic heterocycles. The fourth-order valence-corrected chi connectivity index (χ4v) is 2.16. The average molecular weight is 216 g/mol. The molecule has 1 aromatic rings. The highest BCUT2D eigenvalue weighted by Gasteiger charge is 2.25. The number of aryl methyl sites for hydroxylation is 1. The van der Waals surface area contributed by atoms with Gasteiger partial charge in [0.15, 0.2) is 0 Å². The topological polar surface area (TPSA) is 26.3 Å². The molecule has 2 rings (SSSR count). The summed E-state index contributed by atoms with van der Waals surface area (Å²) < 4.78 is 5.09. The zero-order valence-corrected chi connectivity index (χ0v) is 9.32. The summed E-state index contributed by atoms with van der Waals surface area (Å²) in [7, 11) is 0.